The van der Waals surface area contributed by atoms with E-state index < -0.39 is 17.1 Å². The Bertz CT molecular complexity index is 603. The van der Waals surface area contributed by atoms with Crippen LogP contribution >= 0.6 is 0 Å². The third kappa shape index (κ3) is 3.65. The molecule has 102 valence electrons. The van der Waals surface area contributed by atoms with Gasteiger partial charge in [0, 0.05) is 0 Å². The number of aromatic nitrogens is 2. The molecule has 6 nitrogen and oxygen atoms in total. The monoisotopic (exact) mass is 263 g/mol. The lowest BCUT2D eigenvalue weighted by Crippen LogP contribution is -2.33. The molecule has 0 spiro atoms. The molecule has 0 aliphatic carbocycles. The van der Waals surface area contributed by atoms with Gasteiger partial charge in [0.1, 0.15) is 23.8 Å². The molecule has 0 atom stereocenters. The summed E-state index contributed by atoms with van der Waals surface area (Å²) >= 11 is 0. The van der Waals surface area contributed by atoms with Gasteiger partial charge in [-0.25, -0.2) is 4.68 Å². The van der Waals surface area contributed by atoms with Crippen molar-refractivity contribution in [3.63, 3.8) is 0 Å². The van der Waals surface area contributed by atoms with Crippen molar-refractivity contribution in [1.82, 2.24) is 9.78 Å². The molecule has 6 heteroatoms. The molecule has 19 heavy (non-hydrogen) atoms. The molecule has 0 aliphatic heterocycles. The van der Waals surface area contributed by atoms with Crippen molar-refractivity contribution in [1.29, 1.82) is 5.26 Å². The molecule has 0 bridgehead atoms. The highest BCUT2D eigenvalue weighted by molar-refractivity contribution is 5.69. The normalized spacial score (nSPS) is 10.9. The van der Waals surface area contributed by atoms with Crippen LogP contribution in [-0.2, 0) is 16.1 Å². The Hall–Kier alpha value is -2.16. The maximum absolute atomic E-state index is 11.9. The van der Waals surface area contributed by atoms with E-state index in [9.17, 15) is 9.59 Å². The van der Waals surface area contributed by atoms with E-state index in [-0.39, 0.29) is 12.1 Å². The van der Waals surface area contributed by atoms with E-state index in [2.05, 4.69) is 5.10 Å². The van der Waals surface area contributed by atoms with Crippen LogP contribution in [0.4, 0.5) is 0 Å². The van der Waals surface area contributed by atoms with Gasteiger partial charge >= 0.3 is 5.97 Å². The van der Waals surface area contributed by atoms with E-state index in [0.29, 0.717) is 11.3 Å². The first kappa shape index (κ1) is 14.9. The van der Waals surface area contributed by atoms with E-state index in [1.54, 1.807) is 34.6 Å². The topological polar surface area (TPSA) is 85.0 Å². The van der Waals surface area contributed by atoms with Crippen molar-refractivity contribution >= 4 is 5.97 Å². The van der Waals surface area contributed by atoms with Gasteiger partial charge in [0.05, 0.1) is 5.69 Å². The second-order valence-electron chi connectivity index (χ2n) is 5.25. The molecule has 1 rings (SSSR count). The summed E-state index contributed by atoms with van der Waals surface area (Å²) in [5.74, 6) is -0.561. The number of carbonyl (C=O) groups is 1. The number of nitrogens with zero attached hydrogens (tertiary/aromatic N) is 3. The minimum atomic E-state index is -0.626. The van der Waals surface area contributed by atoms with Crippen molar-refractivity contribution in [2.24, 2.45) is 0 Å². The van der Waals surface area contributed by atoms with Gasteiger partial charge in [-0.1, -0.05) is 0 Å². The summed E-state index contributed by atoms with van der Waals surface area (Å²) in [6.45, 7) is 8.25. The molecule has 0 saturated carbocycles. The first-order valence-corrected chi connectivity index (χ1v) is 5.86. The van der Waals surface area contributed by atoms with Crippen molar-refractivity contribution in [2.45, 2.75) is 46.8 Å². The smallest absolute Gasteiger partial charge is 0.328 e. The molecular formula is C13H17N3O3. The van der Waals surface area contributed by atoms with Gasteiger partial charge in [0.15, 0.2) is 0 Å². The fraction of sp³-hybridized carbons (Fsp3) is 0.538. The van der Waals surface area contributed by atoms with Gasteiger partial charge < -0.3 is 4.74 Å². The third-order valence-corrected chi connectivity index (χ3v) is 2.45. The van der Waals surface area contributed by atoms with E-state index in [1.165, 1.54) is 0 Å². The van der Waals surface area contributed by atoms with Crippen molar-refractivity contribution in [2.75, 3.05) is 0 Å². The van der Waals surface area contributed by atoms with Crippen LogP contribution in [0.2, 0.25) is 0 Å². The predicted octanol–water partition coefficient (Wildman–Crippen LogP) is 1.07. The minimum absolute atomic E-state index is 0.0102. The van der Waals surface area contributed by atoms with Gasteiger partial charge in [-0.05, 0) is 40.2 Å². The second-order valence-corrected chi connectivity index (χ2v) is 5.25. The van der Waals surface area contributed by atoms with Crippen molar-refractivity contribution < 1.29 is 9.53 Å². The molecule has 1 heterocycles. The molecule has 0 radical (unpaired) electrons. The maximum Gasteiger partial charge on any atom is 0.328 e. The highest BCUT2D eigenvalue weighted by Crippen LogP contribution is 2.08. The Labute approximate surface area is 111 Å². The van der Waals surface area contributed by atoms with Gasteiger partial charge in [-0.2, -0.15) is 10.4 Å². The first-order chi connectivity index (χ1) is 8.65. The number of esters is 1. The lowest BCUT2D eigenvalue weighted by atomic mass is 10.1. The second kappa shape index (κ2) is 5.22. The van der Waals surface area contributed by atoms with Gasteiger partial charge in [-0.15, -0.1) is 0 Å². The number of rotatable bonds is 2. The molecule has 0 N–H and O–H groups in total. The van der Waals surface area contributed by atoms with Crippen LogP contribution in [0.15, 0.2) is 4.79 Å². The standard InChI is InChI=1S/C13H17N3O3/c1-8-9(2)15-16(12(18)10(8)6-14)7-11(17)19-13(3,4)5/h7H2,1-5H3. The van der Waals surface area contributed by atoms with Gasteiger partial charge in [0.2, 0.25) is 0 Å². The van der Waals surface area contributed by atoms with Crippen molar-refractivity contribution in [3.8, 4) is 6.07 Å². The van der Waals surface area contributed by atoms with Crippen molar-refractivity contribution in [3.05, 3.63) is 27.2 Å². The number of ether oxygens (including phenoxy) is 1. The third-order valence-electron chi connectivity index (χ3n) is 2.45. The van der Waals surface area contributed by atoms with E-state index >= 15 is 0 Å². The Kier molecular flexibility index (Phi) is 4.10. The minimum Gasteiger partial charge on any atom is -0.459 e. The highest BCUT2D eigenvalue weighted by atomic mass is 16.6. The van der Waals surface area contributed by atoms with Crippen LogP contribution in [0, 0.1) is 25.2 Å². The molecule has 1 aromatic rings. The molecule has 0 unspecified atom stereocenters. The summed E-state index contributed by atoms with van der Waals surface area (Å²) in [5.41, 5.74) is -0.112. The largest absolute Gasteiger partial charge is 0.459 e. The van der Waals surface area contributed by atoms with E-state index in [1.807, 2.05) is 6.07 Å². The van der Waals surface area contributed by atoms with Gasteiger partial charge in [-0.3, -0.25) is 9.59 Å². The Balaban J connectivity index is 3.11. The lowest BCUT2D eigenvalue weighted by Gasteiger charge is -2.19. The van der Waals surface area contributed by atoms with Crippen LogP contribution in [0.3, 0.4) is 0 Å². The summed E-state index contributed by atoms with van der Waals surface area (Å²) in [6, 6.07) is 1.84. The number of nitriles is 1. The number of aryl methyl sites for hydroxylation is 1. The van der Waals surface area contributed by atoms with E-state index in [0.717, 1.165) is 4.68 Å². The molecule has 0 fully saturated rings. The number of hydrogen-bond donors (Lipinski definition) is 0. The number of carbonyl (C=O) groups excluding carboxylic acids is 1. The average molecular weight is 263 g/mol. The fourth-order valence-corrected chi connectivity index (χ4v) is 1.51. The van der Waals surface area contributed by atoms with Crippen LogP contribution in [-0.4, -0.2) is 21.4 Å². The first-order valence-electron chi connectivity index (χ1n) is 5.86. The summed E-state index contributed by atoms with van der Waals surface area (Å²) in [5, 5.41) is 13.0. The lowest BCUT2D eigenvalue weighted by molar-refractivity contribution is -0.155. The van der Waals surface area contributed by atoms with E-state index in [4.69, 9.17) is 10.00 Å². The highest BCUT2D eigenvalue weighted by Gasteiger charge is 2.19. The predicted molar refractivity (Wildman–Crippen MR) is 68.5 cm³/mol. The quantitative estimate of drug-likeness (QED) is 0.745. The zero-order valence-corrected chi connectivity index (χ0v) is 11.8. The summed E-state index contributed by atoms with van der Waals surface area (Å²) < 4.78 is 6.09. The summed E-state index contributed by atoms with van der Waals surface area (Å²) in [7, 11) is 0. The van der Waals surface area contributed by atoms with Crippen LogP contribution in [0.25, 0.3) is 0 Å². The van der Waals surface area contributed by atoms with Crippen LogP contribution in [0.5, 0.6) is 0 Å². The van der Waals surface area contributed by atoms with Crippen LogP contribution < -0.4 is 5.56 Å². The van der Waals surface area contributed by atoms with Gasteiger partial charge in [0.25, 0.3) is 5.56 Å². The molecule has 0 aromatic carbocycles. The zero-order chi connectivity index (χ0) is 14.8. The molecule has 1 aromatic heterocycles. The molecular weight excluding hydrogens is 246 g/mol. The molecule has 0 amide bonds. The summed E-state index contributed by atoms with van der Waals surface area (Å²) in [6.07, 6.45) is 0. The SMILES string of the molecule is Cc1nn(CC(=O)OC(C)(C)C)c(=O)c(C#N)c1C. The Morgan fingerprint density at radius 2 is 2.00 bits per heavy atom. The fourth-order valence-electron chi connectivity index (χ4n) is 1.51. The number of hydrogen-bond acceptors (Lipinski definition) is 5. The maximum atomic E-state index is 11.9. The average Bonchev–Trinajstić information content (AvgIpc) is 2.24. The molecule has 0 aliphatic rings. The Morgan fingerprint density at radius 3 is 2.47 bits per heavy atom. The van der Waals surface area contributed by atoms with Crippen LogP contribution in [0.1, 0.15) is 37.6 Å². The molecule has 0 saturated heterocycles. The zero-order valence-electron chi connectivity index (χ0n) is 11.8. The Morgan fingerprint density at radius 1 is 1.42 bits per heavy atom. The summed E-state index contributed by atoms with van der Waals surface area (Å²) in [4.78, 5) is 23.6.